The molecule has 6 nitrogen and oxygen atoms in total. The zero-order valence-electron chi connectivity index (χ0n) is 18.5. The lowest BCUT2D eigenvalue weighted by atomic mass is 10.1. The minimum absolute atomic E-state index is 0.110. The molecule has 0 spiro atoms. The molecule has 3 aromatic rings. The number of ether oxygens (including phenoxy) is 2. The highest BCUT2D eigenvalue weighted by Gasteiger charge is 2.35. The second-order valence-electron chi connectivity index (χ2n) is 7.48. The van der Waals surface area contributed by atoms with Crippen LogP contribution in [0.3, 0.4) is 0 Å². The minimum atomic E-state index is -0.665. The zero-order valence-corrected chi connectivity index (χ0v) is 23.7. The Kier molecular flexibility index (Phi) is 8.41. The maximum atomic E-state index is 13.3. The van der Waals surface area contributed by atoms with E-state index in [2.05, 4.69) is 27.9 Å². The molecule has 0 radical (unpaired) electrons. The quantitative estimate of drug-likeness (QED) is 0.137. The van der Waals surface area contributed by atoms with E-state index >= 15 is 0 Å². The van der Waals surface area contributed by atoms with E-state index in [4.69, 9.17) is 56.5 Å². The number of nitrogens with one attached hydrogen (secondary N) is 1. The highest BCUT2D eigenvalue weighted by Crippen LogP contribution is 2.38. The van der Waals surface area contributed by atoms with Crippen LogP contribution >= 0.6 is 69.6 Å². The molecule has 0 bridgehead atoms. The number of amides is 2. The summed E-state index contributed by atoms with van der Waals surface area (Å²) in [7, 11) is 1.47. The van der Waals surface area contributed by atoms with Gasteiger partial charge in [0.05, 0.1) is 27.9 Å². The highest BCUT2D eigenvalue weighted by molar-refractivity contribution is 14.1. The van der Waals surface area contributed by atoms with Crippen LogP contribution in [0.2, 0.25) is 15.1 Å². The van der Waals surface area contributed by atoms with Crippen LogP contribution in [0.5, 0.6) is 11.5 Å². The van der Waals surface area contributed by atoms with Gasteiger partial charge in [-0.15, -0.1) is 0 Å². The number of halogens is 4. The fourth-order valence-corrected chi connectivity index (χ4v) is 4.69. The van der Waals surface area contributed by atoms with Gasteiger partial charge < -0.3 is 9.47 Å². The average molecular weight is 674 g/mol. The van der Waals surface area contributed by atoms with E-state index in [9.17, 15) is 9.59 Å². The molecule has 0 aromatic heterocycles. The third-order valence-corrected chi connectivity index (χ3v) is 7.23. The first-order chi connectivity index (χ1) is 17.2. The number of carbonyl (C=O) groups is 2. The molecule has 1 aliphatic heterocycles. The summed E-state index contributed by atoms with van der Waals surface area (Å²) >= 11 is 26.3. The Labute approximate surface area is 241 Å². The predicted molar refractivity (Wildman–Crippen MR) is 154 cm³/mol. The van der Waals surface area contributed by atoms with Crippen LogP contribution in [-0.4, -0.2) is 24.0 Å². The smallest absolute Gasteiger partial charge is 0.270 e. The van der Waals surface area contributed by atoms with Gasteiger partial charge >= 0.3 is 0 Å². The number of hydrogen-bond donors (Lipinski definition) is 1. The van der Waals surface area contributed by atoms with E-state index in [-0.39, 0.29) is 38.0 Å². The third kappa shape index (κ3) is 5.63. The molecule has 1 N–H and O–H groups in total. The Morgan fingerprint density at radius 1 is 1.06 bits per heavy atom. The van der Waals surface area contributed by atoms with Crippen molar-refractivity contribution in [2.45, 2.75) is 6.61 Å². The largest absolute Gasteiger partial charge is 0.493 e. The molecular weight excluding hydrogens is 658 g/mol. The first-order valence-electron chi connectivity index (χ1n) is 10.3. The molecule has 0 unspecified atom stereocenters. The lowest BCUT2D eigenvalue weighted by Gasteiger charge is -2.29. The summed E-state index contributed by atoms with van der Waals surface area (Å²) in [5, 5.41) is 3.02. The molecule has 11 heteroatoms. The van der Waals surface area contributed by atoms with Crippen LogP contribution in [0, 0.1) is 3.57 Å². The summed E-state index contributed by atoms with van der Waals surface area (Å²) in [6, 6.07) is 15.8. The minimum Gasteiger partial charge on any atom is -0.493 e. The maximum absolute atomic E-state index is 13.3. The normalized spacial score (nSPS) is 14.8. The van der Waals surface area contributed by atoms with Crippen molar-refractivity contribution in [2.75, 3.05) is 12.0 Å². The molecule has 1 saturated heterocycles. The lowest BCUT2D eigenvalue weighted by molar-refractivity contribution is -0.122. The summed E-state index contributed by atoms with van der Waals surface area (Å²) in [5.41, 5.74) is 1.48. The summed E-state index contributed by atoms with van der Waals surface area (Å²) in [6.07, 6.45) is 1.39. The second kappa shape index (κ2) is 11.4. The maximum Gasteiger partial charge on any atom is 0.270 e. The number of methoxy groups -OCH3 is 1. The SMILES string of the molecule is COc1cc(/C=C2\C(=O)NC(=S)N(c3cccc(Cl)c3Cl)C2=O)cc(Cl)c1OCc1ccc(I)cc1. The van der Waals surface area contributed by atoms with Crippen molar-refractivity contribution in [1.29, 1.82) is 0 Å². The van der Waals surface area contributed by atoms with Crippen LogP contribution in [-0.2, 0) is 16.2 Å². The van der Waals surface area contributed by atoms with Gasteiger partial charge in [0.1, 0.15) is 12.2 Å². The Hall–Kier alpha value is -2.37. The van der Waals surface area contributed by atoms with Crippen molar-refractivity contribution >= 4 is 98.3 Å². The van der Waals surface area contributed by atoms with Crippen molar-refractivity contribution in [3.8, 4) is 11.5 Å². The predicted octanol–water partition coefficient (Wildman–Crippen LogP) is 6.67. The number of hydrogen-bond acceptors (Lipinski definition) is 5. The fourth-order valence-electron chi connectivity index (χ4n) is 3.41. The monoisotopic (exact) mass is 672 g/mol. The van der Waals surface area contributed by atoms with Gasteiger partial charge in [0.15, 0.2) is 16.6 Å². The van der Waals surface area contributed by atoms with Crippen LogP contribution in [0.25, 0.3) is 6.08 Å². The molecule has 1 heterocycles. The number of anilines is 1. The van der Waals surface area contributed by atoms with Crippen molar-refractivity contribution < 1.29 is 19.1 Å². The summed E-state index contributed by atoms with van der Waals surface area (Å²) in [4.78, 5) is 27.1. The molecule has 1 aliphatic rings. The average Bonchev–Trinajstić information content (AvgIpc) is 2.84. The number of rotatable bonds is 6. The molecule has 0 atom stereocenters. The highest BCUT2D eigenvalue weighted by atomic mass is 127. The Morgan fingerprint density at radius 2 is 1.78 bits per heavy atom. The van der Waals surface area contributed by atoms with Gasteiger partial charge in [-0.3, -0.25) is 19.8 Å². The number of nitrogens with zero attached hydrogens (tertiary/aromatic N) is 1. The van der Waals surface area contributed by atoms with Crippen molar-refractivity contribution in [2.24, 2.45) is 0 Å². The Morgan fingerprint density at radius 3 is 2.47 bits per heavy atom. The van der Waals surface area contributed by atoms with Gasteiger partial charge in [-0.05, 0) is 88.4 Å². The molecule has 2 amide bonds. The van der Waals surface area contributed by atoms with Gasteiger partial charge in [0.2, 0.25) is 0 Å². The van der Waals surface area contributed by atoms with Crippen LogP contribution in [0.4, 0.5) is 5.69 Å². The molecule has 0 saturated carbocycles. The first-order valence-corrected chi connectivity index (χ1v) is 12.9. The van der Waals surface area contributed by atoms with E-state index in [0.717, 1.165) is 14.0 Å². The van der Waals surface area contributed by atoms with E-state index in [1.54, 1.807) is 30.3 Å². The van der Waals surface area contributed by atoms with Crippen LogP contribution in [0.1, 0.15) is 11.1 Å². The Balaban J connectivity index is 1.66. The molecular formula is C25H16Cl3IN2O4S. The lowest BCUT2D eigenvalue weighted by Crippen LogP contribution is -2.54. The Bertz CT molecular complexity index is 1410. The number of carbonyl (C=O) groups excluding carboxylic acids is 2. The number of benzene rings is 3. The van der Waals surface area contributed by atoms with Crippen LogP contribution in [0.15, 0.2) is 60.2 Å². The summed E-state index contributed by atoms with van der Waals surface area (Å²) in [5.74, 6) is -0.642. The van der Waals surface area contributed by atoms with Gasteiger partial charge in [-0.1, -0.05) is 53.0 Å². The molecule has 184 valence electrons. The zero-order chi connectivity index (χ0) is 26.0. The molecule has 36 heavy (non-hydrogen) atoms. The topological polar surface area (TPSA) is 67.9 Å². The first kappa shape index (κ1) is 26.7. The number of thiocarbonyl (C=S) groups is 1. The third-order valence-electron chi connectivity index (χ3n) is 5.13. The van der Waals surface area contributed by atoms with E-state index in [1.165, 1.54) is 13.2 Å². The van der Waals surface area contributed by atoms with E-state index in [1.807, 2.05) is 24.3 Å². The van der Waals surface area contributed by atoms with Crippen molar-refractivity contribution in [3.63, 3.8) is 0 Å². The van der Waals surface area contributed by atoms with Gasteiger partial charge in [-0.25, -0.2) is 0 Å². The fraction of sp³-hybridized carbons (Fsp3) is 0.0800. The molecule has 4 rings (SSSR count). The summed E-state index contributed by atoms with van der Waals surface area (Å²) in [6.45, 7) is 0.279. The van der Waals surface area contributed by atoms with Crippen molar-refractivity contribution in [3.05, 3.63) is 89.9 Å². The molecule has 3 aromatic carbocycles. The van der Waals surface area contributed by atoms with E-state index in [0.29, 0.717) is 17.1 Å². The molecule has 0 aliphatic carbocycles. The van der Waals surface area contributed by atoms with Crippen molar-refractivity contribution in [1.82, 2.24) is 5.32 Å². The van der Waals surface area contributed by atoms with E-state index < -0.39 is 11.8 Å². The molecule has 1 fully saturated rings. The standard InChI is InChI=1S/C25H16Cl3IN2O4S/c1-34-20-11-14(10-18(27)22(20)35-12-13-5-7-15(29)8-6-13)9-16-23(32)30-25(36)31(24(16)33)19-4-2-3-17(26)21(19)28/h2-11H,12H2,1H3,(H,30,32,36)/b16-9+. The van der Waals surface area contributed by atoms with Gasteiger partial charge in [0.25, 0.3) is 11.8 Å². The van der Waals surface area contributed by atoms with Crippen LogP contribution < -0.4 is 19.7 Å². The van der Waals surface area contributed by atoms with Gasteiger partial charge in [-0.2, -0.15) is 0 Å². The van der Waals surface area contributed by atoms with Gasteiger partial charge in [0, 0.05) is 3.57 Å². The second-order valence-corrected chi connectivity index (χ2v) is 10.3. The summed E-state index contributed by atoms with van der Waals surface area (Å²) < 4.78 is 12.5.